The molecule has 0 aliphatic carbocycles. The Balaban J connectivity index is 1.80. The number of halogens is 1. The van der Waals surface area contributed by atoms with Crippen LogP contribution in [0.3, 0.4) is 0 Å². The Morgan fingerprint density at radius 3 is 2.56 bits per heavy atom. The Morgan fingerprint density at radius 2 is 1.88 bits per heavy atom. The van der Waals surface area contributed by atoms with Crippen LogP contribution in [0, 0.1) is 0 Å². The SMILES string of the molecule is COc1ccc(C(=O)NCc2cc(Cl)c3c(c2)OCCCO3)cc1S(=O)(=O)NC(C)(C)C. The van der Waals surface area contributed by atoms with E-state index in [2.05, 4.69) is 10.0 Å². The van der Waals surface area contributed by atoms with Gasteiger partial charge in [0.2, 0.25) is 10.0 Å². The molecule has 0 fully saturated rings. The molecule has 0 saturated heterocycles. The molecule has 2 aromatic rings. The van der Waals surface area contributed by atoms with Gasteiger partial charge in [-0.05, 0) is 56.7 Å². The highest BCUT2D eigenvalue weighted by Gasteiger charge is 2.26. The molecule has 3 rings (SSSR count). The van der Waals surface area contributed by atoms with Crippen molar-refractivity contribution in [1.82, 2.24) is 10.0 Å². The Morgan fingerprint density at radius 1 is 1.16 bits per heavy atom. The Kier molecular flexibility index (Phi) is 7.22. The third-order valence-electron chi connectivity index (χ3n) is 4.47. The molecule has 10 heteroatoms. The van der Waals surface area contributed by atoms with Crippen molar-refractivity contribution in [2.45, 2.75) is 44.2 Å². The molecule has 1 heterocycles. The average molecular weight is 483 g/mol. The second kappa shape index (κ2) is 9.56. The van der Waals surface area contributed by atoms with E-state index in [0.717, 1.165) is 12.0 Å². The molecule has 174 valence electrons. The molecule has 32 heavy (non-hydrogen) atoms. The predicted octanol–water partition coefficient (Wildman–Crippen LogP) is 3.52. The van der Waals surface area contributed by atoms with Gasteiger partial charge in [0.15, 0.2) is 11.5 Å². The van der Waals surface area contributed by atoms with Crippen LogP contribution in [0.4, 0.5) is 0 Å². The first-order valence-corrected chi connectivity index (χ1v) is 11.9. The maximum atomic E-state index is 12.8. The van der Waals surface area contributed by atoms with Crippen molar-refractivity contribution in [2.24, 2.45) is 0 Å². The van der Waals surface area contributed by atoms with Crippen LogP contribution in [-0.4, -0.2) is 40.2 Å². The van der Waals surface area contributed by atoms with E-state index in [4.69, 9.17) is 25.8 Å². The number of hydrogen-bond acceptors (Lipinski definition) is 6. The quantitative estimate of drug-likeness (QED) is 0.653. The summed E-state index contributed by atoms with van der Waals surface area (Å²) in [5.41, 5.74) is 0.210. The first kappa shape index (κ1) is 24.2. The van der Waals surface area contributed by atoms with Gasteiger partial charge in [-0.3, -0.25) is 4.79 Å². The molecule has 0 aromatic heterocycles. The molecule has 1 aliphatic heterocycles. The second-order valence-corrected chi connectivity index (χ2v) is 10.4. The summed E-state index contributed by atoms with van der Waals surface area (Å²) in [6.07, 6.45) is 0.754. The van der Waals surface area contributed by atoms with Crippen LogP contribution < -0.4 is 24.2 Å². The van der Waals surface area contributed by atoms with E-state index in [0.29, 0.717) is 29.7 Å². The molecule has 0 unspecified atom stereocenters. The van der Waals surface area contributed by atoms with Crippen molar-refractivity contribution in [2.75, 3.05) is 20.3 Å². The number of carbonyl (C=O) groups excluding carboxylic acids is 1. The number of ether oxygens (including phenoxy) is 3. The van der Waals surface area contributed by atoms with Crippen molar-refractivity contribution in [1.29, 1.82) is 0 Å². The van der Waals surface area contributed by atoms with Crippen molar-refractivity contribution >= 4 is 27.5 Å². The maximum Gasteiger partial charge on any atom is 0.251 e. The van der Waals surface area contributed by atoms with E-state index >= 15 is 0 Å². The van der Waals surface area contributed by atoms with Crippen LogP contribution in [0.2, 0.25) is 5.02 Å². The largest absolute Gasteiger partial charge is 0.495 e. The molecule has 2 aromatic carbocycles. The van der Waals surface area contributed by atoms with Crippen molar-refractivity contribution in [3.63, 3.8) is 0 Å². The number of methoxy groups -OCH3 is 1. The molecule has 2 N–H and O–H groups in total. The molecule has 0 spiro atoms. The lowest BCUT2D eigenvalue weighted by Crippen LogP contribution is -2.40. The van der Waals surface area contributed by atoms with Crippen LogP contribution in [0.15, 0.2) is 35.2 Å². The first-order valence-electron chi connectivity index (χ1n) is 10.1. The Hall–Kier alpha value is -2.49. The van der Waals surface area contributed by atoms with E-state index in [1.165, 1.54) is 25.3 Å². The third kappa shape index (κ3) is 5.85. The molecular weight excluding hydrogens is 456 g/mol. The van der Waals surface area contributed by atoms with Gasteiger partial charge < -0.3 is 19.5 Å². The zero-order valence-corrected chi connectivity index (χ0v) is 20.0. The minimum Gasteiger partial charge on any atom is -0.495 e. The summed E-state index contributed by atoms with van der Waals surface area (Å²) in [6.45, 7) is 6.40. The Labute approximate surface area is 193 Å². The lowest BCUT2D eigenvalue weighted by molar-refractivity contribution is 0.0950. The van der Waals surface area contributed by atoms with Gasteiger partial charge in [0.1, 0.15) is 10.6 Å². The second-order valence-electron chi connectivity index (χ2n) is 8.36. The number of nitrogens with one attached hydrogen (secondary N) is 2. The number of amides is 1. The third-order valence-corrected chi connectivity index (χ3v) is 6.53. The minimum absolute atomic E-state index is 0.110. The minimum atomic E-state index is -3.91. The number of sulfonamides is 1. The summed E-state index contributed by atoms with van der Waals surface area (Å²) in [4.78, 5) is 12.6. The van der Waals surface area contributed by atoms with Gasteiger partial charge in [-0.2, -0.15) is 0 Å². The van der Waals surface area contributed by atoms with Crippen LogP contribution in [0.5, 0.6) is 17.2 Å². The molecular formula is C22H27ClN2O6S. The highest BCUT2D eigenvalue weighted by atomic mass is 35.5. The lowest BCUT2D eigenvalue weighted by atomic mass is 10.1. The van der Waals surface area contributed by atoms with Gasteiger partial charge in [0.05, 0.1) is 25.3 Å². The van der Waals surface area contributed by atoms with Gasteiger partial charge in [-0.25, -0.2) is 13.1 Å². The van der Waals surface area contributed by atoms with E-state index < -0.39 is 21.5 Å². The van der Waals surface area contributed by atoms with Gasteiger partial charge in [0.25, 0.3) is 5.91 Å². The number of hydrogen-bond donors (Lipinski definition) is 2. The zero-order valence-electron chi connectivity index (χ0n) is 18.5. The summed E-state index contributed by atoms with van der Waals surface area (Å²) >= 11 is 6.30. The molecule has 1 amide bonds. The Bertz CT molecular complexity index is 1110. The molecule has 0 saturated carbocycles. The molecule has 0 radical (unpaired) electrons. The maximum absolute atomic E-state index is 12.8. The fraction of sp³-hybridized carbons (Fsp3) is 0.409. The average Bonchev–Trinajstić information content (AvgIpc) is 2.95. The fourth-order valence-electron chi connectivity index (χ4n) is 3.16. The van der Waals surface area contributed by atoms with Gasteiger partial charge in [-0.1, -0.05) is 11.6 Å². The van der Waals surface area contributed by atoms with E-state index in [9.17, 15) is 13.2 Å². The fourth-order valence-corrected chi connectivity index (χ4v) is 5.06. The topological polar surface area (TPSA) is 103 Å². The number of rotatable bonds is 6. The van der Waals surface area contributed by atoms with E-state index in [-0.39, 0.29) is 22.8 Å². The lowest BCUT2D eigenvalue weighted by Gasteiger charge is -2.21. The monoisotopic (exact) mass is 482 g/mol. The van der Waals surface area contributed by atoms with Crippen molar-refractivity contribution < 1.29 is 27.4 Å². The number of carbonyl (C=O) groups is 1. The standard InChI is InChI=1S/C22H27ClN2O6S/c1-22(2,3)25-32(27,28)19-12-15(6-7-17(19)29-4)21(26)24-13-14-10-16(23)20-18(11-14)30-8-5-9-31-20/h6-7,10-12,25H,5,8-9,13H2,1-4H3,(H,24,26). The van der Waals surface area contributed by atoms with Crippen LogP contribution >= 0.6 is 11.6 Å². The zero-order chi connectivity index (χ0) is 23.5. The summed E-state index contributed by atoms with van der Waals surface area (Å²) in [5.74, 6) is 0.733. The van der Waals surface area contributed by atoms with Crippen LogP contribution in [0.25, 0.3) is 0 Å². The smallest absolute Gasteiger partial charge is 0.251 e. The van der Waals surface area contributed by atoms with Crippen molar-refractivity contribution in [3.8, 4) is 17.2 Å². The summed E-state index contributed by atoms with van der Waals surface area (Å²) in [7, 11) is -2.53. The molecule has 8 nitrogen and oxygen atoms in total. The highest BCUT2D eigenvalue weighted by Crippen LogP contribution is 2.38. The first-order chi connectivity index (χ1) is 15.0. The summed E-state index contributed by atoms with van der Waals surface area (Å²) < 4.78 is 44.7. The normalized spacial score (nSPS) is 13.9. The van der Waals surface area contributed by atoms with Crippen molar-refractivity contribution in [3.05, 3.63) is 46.5 Å². The van der Waals surface area contributed by atoms with E-state index in [1.54, 1.807) is 32.9 Å². The number of fused-ring (bicyclic) bond motifs is 1. The summed E-state index contributed by atoms with van der Waals surface area (Å²) in [5, 5.41) is 3.18. The van der Waals surface area contributed by atoms with Gasteiger partial charge in [-0.15, -0.1) is 0 Å². The number of benzene rings is 2. The molecule has 0 atom stereocenters. The highest BCUT2D eigenvalue weighted by molar-refractivity contribution is 7.89. The van der Waals surface area contributed by atoms with E-state index in [1.807, 2.05) is 0 Å². The van der Waals surface area contributed by atoms with Gasteiger partial charge >= 0.3 is 0 Å². The predicted molar refractivity (Wildman–Crippen MR) is 121 cm³/mol. The molecule has 1 aliphatic rings. The van der Waals surface area contributed by atoms with Crippen LogP contribution in [0.1, 0.15) is 43.1 Å². The summed E-state index contributed by atoms with van der Waals surface area (Å²) in [6, 6.07) is 7.72. The molecule has 0 bridgehead atoms. The van der Waals surface area contributed by atoms with Gasteiger partial charge in [0, 0.05) is 24.1 Å². The van der Waals surface area contributed by atoms with Crippen LogP contribution in [-0.2, 0) is 16.6 Å².